The van der Waals surface area contributed by atoms with Gasteiger partial charge < -0.3 is 15.2 Å². The number of amides is 1. The third-order valence-electron chi connectivity index (χ3n) is 3.89. The zero-order valence-electron chi connectivity index (χ0n) is 13.0. The maximum Gasteiger partial charge on any atom is 1.00 e. The van der Waals surface area contributed by atoms with E-state index in [0.29, 0.717) is 11.7 Å². The second-order valence-electron chi connectivity index (χ2n) is 5.86. The molecule has 0 saturated heterocycles. The van der Waals surface area contributed by atoms with Gasteiger partial charge in [-0.25, -0.2) is 0 Å². The van der Waals surface area contributed by atoms with E-state index in [1.807, 2.05) is 6.08 Å². The van der Waals surface area contributed by atoms with Crippen LogP contribution in [0.5, 0.6) is 0 Å². The average Bonchev–Trinajstić information content (AvgIpc) is 2.85. The molecule has 0 spiro atoms. The minimum atomic E-state index is -0.789. The van der Waals surface area contributed by atoms with Crippen LogP contribution in [0.25, 0.3) is 6.08 Å². The van der Waals surface area contributed by atoms with Gasteiger partial charge in [0, 0.05) is 12.0 Å². The molecule has 1 aliphatic carbocycles. The molecule has 0 radical (unpaired) electrons. The predicted molar refractivity (Wildman–Crippen MR) is 76.6 cm³/mol. The van der Waals surface area contributed by atoms with Crippen LogP contribution >= 0.6 is 0 Å². The van der Waals surface area contributed by atoms with Crippen molar-refractivity contribution in [3.8, 4) is 0 Å². The number of carbonyl (C=O) groups excluding carboxylic acids is 1. The van der Waals surface area contributed by atoms with Gasteiger partial charge in [0.15, 0.2) is 11.5 Å². The zero-order valence-corrected chi connectivity index (χ0v) is 15.0. The Morgan fingerprint density at radius 3 is 2.90 bits per heavy atom. The Morgan fingerprint density at radius 2 is 2.29 bits per heavy atom. The van der Waals surface area contributed by atoms with Crippen molar-refractivity contribution < 1.29 is 38.9 Å². The third-order valence-corrected chi connectivity index (χ3v) is 3.89. The molecular weight excluding hydrogens is 279 g/mol. The molecule has 1 aliphatic rings. The van der Waals surface area contributed by atoms with E-state index in [1.54, 1.807) is 0 Å². The molecule has 21 heavy (non-hydrogen) atoms. The zero-order chi connectivity index (χ0) is 14.8. The van der Waals surface area contributed by atoms with Crippen molar-refractivity contribution >= 4 is 12.0 Å². The summed E-state index contributed by atoms with van der Waals surface area (Å²) in [6.07, 6.45) is 8.39. The van der Waals surface area contributed by atoms with E-state index < -0.39 is 5.91 Å². The van der Waals surface area contributed by atoms with Crippen LogP contribution in [-0.2, 0) is 0 Å². The maximum atomic E-state index is 11.1. The first kappa shape index (κ1) is 18.2. The summed E-state index contributed by atoms with van der Waals surface area (Å²) in [6.45, 7) is 6.62. The van der Waals surface area contributed by atoms with Gasteiger partial charge >= 0.3 is 29.6 Å². The Morgan fingerprint density at radius 1 is 1.57 bits per heavy atom. The summed E-state index contributed by atoms with van der Waals surface area (Å²) in [4.78, 5) is 11.1. The van der Waals surface area contributed by atoms with Crippen molar-refractivity contribution in [3.63, 3.8) is 0 Å². The van der Waals surface area contributed by atoms with E-state index in [2.05, 4.69) is 38.1 Å². The van der Waals surface area contributed by atoms with Crippen LogP contribution in [0.2, 0.25) is 0 Å². The van der Waals surface area contributed by atoms with Crippen LogP contribution < -0.4 is 35.0 Å². The van der Waals surface area contributed by atoms with Crippen LogP contribution in [0.3, 0.4) is 0 Å². The Kier molecular flexibility index (Phi) is 6.41. The molecular formula is C15H19N2NaO3. The summed E-state index contributed by atoms with van der Waals surface area (Å²) >= 11 is 0. The van der Waals surface area contributed by atoms with Crippen LogP contribution in [0.15, 0.2) is 28.3 Å². The minimum absolute atomic E-state index is 0. The molecule has 1 unspecified atom stereocenters. The van der Waals surface area contributed by atoms with E-state index in [4.69, 9.17) is 4.52 Å². The molecule has 0 aromatic carbocycles. The average molecular weight is 298 g/mol. The smallest absolute Gasteiger partial charge is 0.759 e. The van der Waals surface area contributed by atoms with Crippen LogP contribution in [0.1, 0.15) is 49.9 Å². The fourth-order valence-corrected chi connectivity index (χ4v) is 2.70. The standard InChI is InChI=1S/C15H19N2O3.Na/c1-10-5-4-8-15(2,3)12(10)7-6-11-9-13(17-20-11)14(18)16-19;/h5-7,9,12H,4,8H2,1-3H3,(H-,16,17,18,19);/q-1;+1/b7-6+;. The van der Waals surface area contributed by atoms with Crippen LogP contribution in [0.4, 0.5) is 0 Å². The number of nitrogens with zero attached hydrogens (tertiary/aromatic N) is 1. The summed E-state index contributed by atoms with van der Waals surface area (Å²) in [7, 11) is 0. The minimum Gasteiger partial charge on any atom is -0.759 e. The van der Waals surface area contributed by atoms with E-state index in [1.165, 1.54) is 17.1 Å². The molecule has 0 fully saturated rings. The monoisotopic (exact) mass is 298 g/mol. The fraction of sp³-hybridized carbons (Fsp3) is 0.467. The van der Waals surface area contributed by atoms with Gasteiger partial charge in [-0.1, -0.05) is 36.7 Å². The topological polar surface area (TPSA) is 78.2 Å². The number of hydroxylamine groups is 1. The van der Waals surface area contributed by atoms with Crippen LogP contribution in [0, 0.1) is 16.5 Å². The van der Waals surface area contributed by atoms with Crippen molar-refractivity contribution in [1.82, 2.24) is 10.6 Å². The maximum absolute atomic E-state index is 11.1. The van der Waals surface area contributed by atoms with Gasteiger partial charge in [-0.15, -0.1) is 0 Å². The first-order valence-corrected chi connectivity index (χ1v) is 6.68. The Balaban J connectivity index is 0.00000220. The van der Waals surface area contributed by atoms with E-state index >= 15 is 0 Å². The normalized spacial score (nSPS) is 20.8. The first-order valence-electron chi connectivity index (χ1n) is 6.68. The SMILES string of the molecule is CC1=CCCC(C)(C)C1/C=C/c1cc(C(=O)N[O-])no1.[Na+]. The first-order chi connectivity index (χ1) is 9.44. The van der Waals surface area contributed by atoms with Gasteiger partial charge in [0.25, 0.3) is 5.91 Å². The van der Waals surface area contributed by atoms with Gasteiger partial charge in [0.05, 0.1) is 0 Å². The molecule has 1 heterocycles. The number of hydrogen-bond acceptors (Lipinski definition) is 4. The summed E-state index contributed by atoms with van der Waals surface area (Å²) in [6, 6.07) is 1.46. The van der Waals surface area contributed by atoms with Crippen molar-refractivity contribution in [2.24, 2.45) is 11.3 Å². The summed E-state index contributed by atoms with van der Waals surface area (Å²) < 4.78 is 5.03. The van der Waals surface area contributed by atoms with E-state index in [-0.39, 0.29) is 40.7 Å². The summed E-state index contributed by atoms with van der Waals surface area (Å²) in [5.74, 6) is 0.0124. The van der Waals surface area contributed by atoms with E-state index in [9.17, 15) is 10.0 Å². The second-order valence-corrected chi connectivity index (χ2v) is 5.86. The number of allylic oxidation sites excluding steroid dienone is 3. The van der Waals surface area contributed by atoms with E-state index in [0.717, 1.165) is 12.8 Å². The molecule has 1 aromatic heterocycles. The quantitative estimate of drug-likeness (QED) is 0.495. The van der Waals surface area contributed by atoms with Crippen molar-refractivity contribution in [3.05, 3.63) is 40.5 Å². The second kappa shape index (κ2) is 7.40. The van der Waals surface area contributed by atoms with Gasteiger partial charge in [-0.2, -0.15) is 0 Å². The van der Waals surface area contributed by atoms with Crippen LogP contribution in [-0.4, -0.2) is 11.1 Å². The van der Waals surface area contributed by atoms with Crippen molar-refractivity contribution in [2.45, 2.75) is 33.6 Å². The van der Waals surface area contributed by atoms with Gasteiger partial charge in [-0.3, -0.25) is 4.79 Å². The number of aromatic nitrogens is 1. The fourth-order valence-electron chi connectivity index (χ4n) is 2.70. The molecule has 1 N–H and O–H groups in total. The molecule has 1 atom stereocenters. The Hall–Kier alpha value is -0.880. The molecule has 0 bridgehead atoms. The molecule has 108 valence electrons. The van der Waals surface area contributed by atoms with Gasteiger partial charge in [-0.05, 0) is 31.3 Å². The molecule has 0 saturated carbocycles. The predicted octanol–water partition coefficient (Wildman–Crippen LogP) is 0.302. The number of hydrogen-bond donors (Lipinski definition) is 1. The molecule has 2 rings (SSSR count). The summed E-state index contributed by atoms with van der Waals surface area (Å²) in [5.41, 5.74) is 2.81. The van der Waals surface area contributed by atoms with Gasteiger partial charge in [0.2, 0.25) is 0 Å². The summed E-state index contributed by atoms with van der Waals surface area (Å²) in [5, 5.41) is 13.8. The molecule has 0 aliphatic heterocycles. The molecule has 1 amide bonds. The third kappa shape index (κ3) is 4.30. The molecule has 6 heteroatoms. The number of rotatable bonds is 3. The van der Waals surface area contributed by atoms with Crippen molar-refractivity contribution in [1.29, 1.82) is 0 Å². The van der Waals surface area contributed by atoms with Crippen molar-refractivity contribution in [2.75, 3.05) is 0 Å². The number of carbonyl (C=O) groups is 1. The Bertz CT molecular complexity index is 561. The van der Waals surface area contributed by atoms with Gasteiger partial charge in [0.1, 0.15) is 0 Å². The largest absolute Gasteiger partial charge is 1.00 e. The molecule has 1 aromatic rings. The Labute approximate surface area is 146 Å². The molecule has 5 nitrogen and oxygen atoms in total. The number of nitrogens with one attached hydrogen (secondary N) is 1.